The molecular formula is C61H47N. The zero-order valence-electron chi connectivity index (χ0n) is 35.3. The molecule has 0 aromatic heterocycles. The molecule has 13 rings (SSSR count). The second kappa shape index (κ2) is 13.0. The van der Waals surface area contributed by atoms with Crippen LogP contribution in [-0.2, 0) is 16.2 Å². The molecule has 9 aromatic carbocycles. The fourth-order valence-electron chi connectivity index (χ4n) is 12.6. The van der Waals surface area contributed by atoms with Gasteiger partial charge < -0.3 is 4.90 Å². The highest BCUT2D eigenvalue weighted by Gasteiger charge is 2.53. The summed E-state index contributed by atoms with van der Waals surface area (Å²) in [7, 11) is 0. The van der Waals surface area contributed by atoms with Crippen LogP contribution in [0.15, 0.2) is 200 Å². The molecule has 0 heterocycles. The van der Waals surface area contributed by atoms with Gasteiger partial charge in [0, 0.05) is 33.3 Å². The summed E-state index contributed by atoms with van der Waals surface area (Å²) in [4.78, 5) is 2.45. The molecule has 0 bridgehead atoms. The van der Waals surface area contributed by atoms with Crippen LogP contribution in [0.3, 0.4) is 0 Å². The van der Waals surface area contributed by atoms with Gasteiger partial charge in [-0.25, -0.2) is 0 Å². The third-order valence-corrected chi connectivity index (χ3v) is 15.7. The zero-order valence-corrected chi connectivity index (χ0v) is 35.3. The molecule has 0 N–H and O–H groups in total. The van der Waals surface area contributed by atoms with Crippen molar-refractivity contribution in [3.05, 3.63) is 234 Å². The fraction of sp³-hybridized carbons (Fsp3) is 0.148. The number of anilines is 3. The molecule has 296 valence electrons. The van der Waals surface area contributed by atoms with Crippen molar-refractivity contribution in [2.24, 2.45) is 0 Å². The van der Waals surface area contributed by atoms with Crippen molar-refractivity contribution >= 4 is 27.8 Å². The van der Waals surface area contributed by atoms with Gasteiger partial charge in [0.2, 0.25) is 0 Å². The van der Waals surface area contributed by atoms with E-state index in [1.807, 2.05) is 0 Å². The molecule has 0 radical (unpaired) electrons. The van der Waals surface area contributed by atoms with Gasteiger partial charge in [-0.3, -0.25) is 0 Å². The predicted molar refractivity (Wildman–Crippen MR) is 259 cm³/mol. The molecule has 1 heteroatoms. The van der Waals surface area contributed by atoms with Gasteiger partial charge in [0.05, 0.1) is 0 Å². The lowest BCUT2D eigenvalue weighted by Crippen LogP contribution is -2.39. The first kappa shape index (κ1) is 35.8. The number of nitrogens with zero attached hydrogens (tertiary/aromatic N) is 1. The number of hydrogen-bond acceptors (Lipinski definition) is 1. The van der Waals surface area contributed by atoms with E-state index in [0.29, 0.717) is 0 Å². The normalized spacial score (nSPS) is 16.4. The van der Waals surface area contributed by atoms with Crippen LogP contribution in [-0.4, -0.2) is 0 Å². The van der Waals surface area contributed by atoms with Gasteiger partial charge in [0.1, 0.15) is 0 Å². The first-order valence-electron chi connectivity index (χ1n) is 22.5. The molecule has 4 aliphatic rings. The topological polar surface area (TPSA) is 3.24 Å². The molecule has 1 nitrogen and oxygen atoms in total. The summed E-state index contributed by atoms with van der Waals surface area (Å²) in [6.45, 7) is 4.74. The first-order valence-corrected chi connectivity index (χ1v) is 22.5. The van der Waals surface area contributed by atoms with Crippen LogP contribution in [0.25, 0.3) is 55.3 Å². The van der Waals surface area contributed by atoms with Crippen LogP contribution < -0.4 is 4.90 Å². The van der Waals surface area contributed by atoms with Crippen molar-refractivity contribution in [2.75, 3.05) is 4.90 Å². The highest BCUT2D eigenvalue weighted by atomic mass is 15.1. The largest absolute Gasteiger partial charge is 0.310 e. The van der Waals surface area contributed by atoms with E-state index in [9.17, 15) is 0 Å². The molecule has 0 aliphatic heterocycles. The third kappa shape index (κ3) is 4.91. The minimum atomic E-state index is -0.0869. The Balaban J connectivity index is 0.888. The summed E-state index contributed by atoms with van der Waals surface area (Å²) in [5.41, 5.74) is 23.2. The van der Waals surface area contributed by atoms with Gasteiger partial charge in [0.25, 0.3) is 0 Å². The maximum atomic E-state index is 2.56. The molecule has 9 aromatic rings. The second-order valence-electron chi connectivity index (χ2n) is 18.9. The Morgan fingerprint density at radius 2 is 0.726 bits per heavy atom. The maximum absolute atomic E-state index is 2.56. The molecule has 4 aliphatic carbocycles. The van der Waals surface area contributed by atoms with Crippen molar-refractivity contribution in [3.63, 3.8) is 0 Å². The smallest absolute Gasteiger partial charge is 0.0468 e. The average Bonchev–Trinajstić information content (AvgIpc) is 3.85. The summed E-state index contributed by atoms with van der Waals surface area (Å²) in [5.74, 6) is 0. The van der Waals surface area contributed by atoms with Crippen LogP contribution in [0.2, 0.25) is 0 Å². The Kier molecular flexibility index (Phi) is 7.51. The Hall–Kier alpha value is -6.96. The van der Waals surface area contributed by atoms with Crippen molar-refractivity contribution < 1.29 is 0 Å². The van der Waals surface area contributed by atoms with E-state index in [0.717, 1.165) is 37.1 Å². The third-order valence-electron chi connectivity index (χ3n) is 15.7. The lowest BCUT2D eigenvalue weighted by molar-refractivity contribution is 0.265. The Morgan fingerprint density at radius 1 is 0.306 bits per heavy atom. The molecule has 62 heavy (non-hydrogen) atoms. The lowest BCUT2D eigenvalue weighted by atomic mass is 9.57. The molecular weight excluding hydrogens is 747 g/mol. The molecule has 0 amide bonds. The quantitative estimate of drug-likeness (QED) is 0.172. The monoisotopic (exact) mass is 793 g/mol. The summed E-state index contributed by atoms with van der Waals surface area (Å²) >= 11 is 0. The maximum Gasteiger partial charge on any atom is 0.0468 e. The number of hydrogen-bond donors (Lipinski definition) is 0. The van der Waals surface area contributed by atoms with Gasteiger partial charge >= 0.3 is 0 Å². The van der Waals surface area contributed by atoms with Gasteiger partial charge in [-0.05, 0) is 157 Å². The van der Waals surface area contributed by atoms with E-state index < -0.39 is 0 Å². The summed E-state index contributed by atoms with van der Waals surface area (Å²) in [6.07, 6.45) is 4.55. The number of benzene rings is 9. The van der Waals surface area contributed by atoms with Crippen LogP contribution in [0.5, 0.6) is 0 Å². The van der Waals surface area contributed by atoms with Crippen LogP contribution >= 0.6 is 0 Å². The van der Waals surface area contributed by atoms with E-state index in [1.54, 1.807) is 0 Å². The van der Waals surface area contributed by atoms with Crippen molar-refractivity contribution in [1.29, 1.82) is 0 Å². The minimum Gasteiger partial charge on any atom is -0.310 e. The van der Waals surface area contributed by atoms with Crippen LogP contribution in [0.1, 0.15) is 72.9 Å². The molecule has 2 spiro atoms. The van der Waals surface area contributed by atoms with Crippen molar-refractivity contribution in [2.45, 2.75) is 55.8 Å². The van der Waals surface area contributed by atoms with Crippen molar-refractivity contribution in [1.82, 2.24) is 0 Å². The lowest BCUT2D eigenvalue weighted by Gasteiger charge is -2.45. The van der Waals surface area contributed by atoms with Gasteiger partial charge in [0.15, 0.2) is 0 Å². The predicted octanol–water partition coefficient (Wildman–Crippen LogP) is 16.1. The van der Waals surface area contributed by atoms with Gasteiger partial charge in [-0.1, -0.05) is 172 Å². The molecule has 0 unspecified atom stereocenters. The van der Waals surface area contributed by atoms with E-state index in [4.69, 9.17) is 0 Å². The molecule has 1 fully saturated rings. The first-order chi connectivity index (χ1) is 30.4. The van der Waals surface area contributed by atoms with Gasteiger partial charge in [-0.2, -0.15) is 0 Å². The molecule has 1 saturated carbocycles. The Labute approximate surface area is 365 Å². The number of rotatable bonds is 4. The second-order valence-corrected chi connectivity index (χ2v) is 18.9. The van der Waals surface area contributed by atoms with Crippen LogP contribution in [0, 0.1) is 0 Å². The van der Waals surface area contributed by atoms with E-state index in [1.165, 1.54) is 94.3 Å². The van der Waals surface area contributed by atoms with E-state index in [-0.39, 0.29) is 16.2 Å². The Morgan fingerprint density at radius 3 is 1.35 bits per heavy atom. The van der Waals surface area contributed by atoms with Crippen LogP contribution in [0.4, 0.5) is 17.1 Å². The minimum absolute atomic E-state index is 0.00646. The molecule has 0 saturated heterocycles. The summed E-state index contributed by atoms with van der Waals surface area (Å²) < 4.78 is 0. The summed E-state index contributed by atoms with van der Waals surface area (Å²) in [6, 6.07) is 76.0. The standard InChI is InChI=1S/C61H47N/c1-59(2)53-19-9-5-15-47(53)51-32-30-46(39-57(51)59)62(45-29-25-40-13-3-4-14-42(40)37-45)44-27-23-41(24-28-44)43-26-31-52-50-18-8-12-22-56(50)61(58(52)38-43)35-33-60(34-36-61)54-20-10-6-16-48(54)49-17-7-11-21-55(49)60/h3-32,37-39H,33-36H2,1-2H3. The highest BCUT2D eigenvalue weighted by Crippen LogP contribution is 2.64. The van der Waals surface area contributed by atoms with Crippen molar-refractivity contribution in [3.8, 4) is 44.5 Å². The van der Waals surface area contributed by atoms with E-state index >= 15 is 0 Å². The fourth-order valence-corrected chi connectivity index (χ4v) is 12.6. The zero-order chi connectivity index (χ0) is 41.2. The average molecular weight is 794 g/mol. The van der Waals surface area contributed by atoms with Gasteiger partial charge in [-0.15, -0.1) is 0 Å². The molecule has 0 atom stereocenters. The number of fused-ring (bicyclic) bond motifs is 14. The highest BCUT2D eigenvalue weighted by molar-refractivity contribution is 5.92. The summed E-state index contributed by atoms with van der Waals surface area (Å²) in [5, 5.41) is 2.49. The Bertz CT molecular complexity index is 3240. The SMILES string of the molecule is CC1(C)c2ccccc2-c2ccc(N(c3ccc(-c4ccc5c(c4)C4(CCC6(CC4)c4ccccc4-c4ccccc46)c4ccccc4-5)cc3)c3ccc4ccccc4c3)cc21. The van der Waals surface area contributed by atoms with E-state index in [2.05, 4.69) is 219 Å².